The average molecular weight is 371 g/mol. The van der Waals surface area contributed by atoms with E-state index in [1.165, 1.54) is 25.7 Å². The highest BCUT2D eigenvalue weighted by Gasteiger charge is 2.38. The lowest BCUT2D eigenvalue weighted by atomic mass is 10.1. The Kier molecular flexibility index (Phi) is 10.2. The maximum Gasteiger partial charge on any atom is -0.0206 e. The van der Waals surface area contributed by atoms with Crippen LogP contribution >= 0.6 is 15.8 Å². The topological polar surface area (TPSA) is 0 Å². The standard InChI is InChI=1S/C22H44P2/c1-5-9-19-13-14-20(10-6-2)23(19)17-18-24-21(11-7-3)15-16-22(24)12-8-4/h19-22H,5-18H2,1-4H3/t19-,20-,21-,22-/m0/s1. The van der Waals surface area contributed by atoms with E-state index in [0.29, 0.717) is 15.8 Å². The first-order valence-corrected chi connectivity index (χ1v) is 14.6. The molecule has 0 bridgehead atoms. The molecule has 0 unspecified atom stereocenters. The van der Waals surface area contributed by atoms with Crippen LogP contribution < -0.4 is 0 Å². The molecule has 2 fully saturated rings. The average Bonchev–Trinajstić information content (AvgIpc) is 3.12. The molecule has 2 aliphatic rings. The molecular formula is C22H44P2. The van der Waals surface area contributed by atoms with E-state index in [9.17, 15) is 0 Å². The molecule has 2 rings (SSSR count). The highest BCUT2D eigenvalue weighted by atomic mass is 31.1. The van der Waals surface area contributed by atoms with Crippen molar-refractivity contribution in [1.82, 2.24) is 0 Å². The van der Waals surface area contributed by atoms with Crippen molar-refractivity contribution in [3.8, 4) is 0 Å². The van der Waals surface area contributed by atoms with Crippen molar-refractivity contribution in [1.29, 1.82) is 0 Å². The summed E-state index contributed by atoms with van der Waals surface area (Å²) in [5, 5.41) is 0. The van der Waals surface area contributed by atoms with Crippen LogP contribution in [0.25, 0.3) is 0 Å². The Hall–Kier alpha value is 0.860. The van der Waals surface area contributed by atoms with Crippen LogP contribution in [0.3, 0.4) is 0 Å². The maximum absolute atomic E-state index is 2.41. The predicted molar refractivity (Wildman–Crippen MR) is 117 cm³/mol. The molecule has 0 nitrogen and oxygen atoms in total. The van der Waals surface area contributed by atoms with E-state index >= 15 is 0 Å². The molecule has 0 amide bonds. The smallest absolute Gasteiger partial charge is 0.0206 e. The lowest BCUT2D eigenvalue weighted by molar-refractivity contribution is 0.649. The van der Waals surface area contributed by atoms with Crippen LogP contribution in [0, 0.1) is 0 Å². The van der Waals surface area contributed by atoms with E-state index in [1.807, 2.05) is 0 Å². The maximum atomic E-state index is 2.41. The first-order valence-electron chi connectivity index (χ1n) is 11.3. The van der Waals surface area contributed by atoms with Gasteiger partial charge in [0.25, 0.3) is 0 Å². The summed E-state index contributed by atoms with van der Waals surface area (Å²) < 4.78 is 0. The molecule has 2 aliphatic heterocycles. The molecule has 2 heterocycles. The summed E-state index contributed by atoms with van der Waals surface area (Å²) in [5.41, 5.74) is 4.59. The Labute approximate surface area is 155 Å². The molecule has 0 aliphatic carbocycles. The molecule has 0 N–H and O–H groups in total. The molecule has 24 heavy (non-hydrogen) atoms. The first-order chi connectivity index (χ1) is 11.7. The van der Waals surface area contributed by atoms with E-state index in [1.54, 1.807) is 63.7 Å². The minimum atomic E-state index is 0.360. The first kappa shape index (κ1) is 21.2. The zero-order chi connectivity index (χ0) is 17.4. The third kappa shape index (κ3) is 5.68. The number of hydrogen-bond acceptors (Lipinski definition) is 0. The van der Waals surface area contributed by atoms with Gasteiger partial charge in [0.1, 0.15) is 0 Å². The second-order valence-corrected chi connectivity index (χ2v) is 14.3. The van der Waals surface area contributed by atoms with Crippen LogP contribution in [0.2, 0.25) is 0 Å². The van der Waals surface area contributed by atoms with Crippen LogP contribution in [0.4, 0.5) is 0 Å². The lowest BCUT2D eigenvalue weighted by Gasteiger charge is -2.31. The van der Waals surface area contributed by atoms with Gasteiger partial charge in [-0.25, -0.2) is 0 Å². The minimum Gasteiger partial charge on any atom is -0.1000 e. The minimum absolute atomic E-state index is 0.360. The summed E-state index contributed by atoms with van der Waals surface area (Å²) in [6.45, 7) is 9.65. The van der Waals surface area contributed by atoms with Gasteiger partial charge in [-0.05, 0) is 86.3 Å². The summed E-state index contributed by atoms with van der Waals surface area (Å²) in [6, 6.07) is 0. The van der Waals surface area contributed by atoms with E-state index in [2.05, 4.69) is 27.7 Å². The van der Waals surface area contributed by atoms with Gasteiger partial charge in [-0.2, -0.15) is 0 Å². The van der Waals surface area contributed by atoms with E-state index in [0.717, 1.165) is 22.6 Å². The molecule has 2 heteroatoms. The van der Waals surface area contributed by atoms with Crippen LogP contribution in [0.1, 0.15) is 105 Å². The zero-order valence-corrected chi connectivity index (χ0v) is 18.9. The van der Waals surface area contributed by atoms with E-state index in [4.69, 9.17) is 0 Å². The van der Waals surface area contributed by atoms with Crippen LogP contribution in [0.5, 0.6) is 0 Å². The molecule has 4 atom stereocenters. The van der Waals surface area contributed by atoms with Crippen molar-refractivity contribution in [2.45, 2.75) is 127 Å². The van der Waals surface area contributed by atoms with Gasteiger partial charge in [-0.3, -0.25) is 0 Å². The molecule has 142 valence electrons. The summed E-state index contributed by atoms with van der Waals surface area (Å²) in [4.78, 5) is 0. The van der Waals surface area contributed by atoms with Crippen molar-refractivity contribution in [3.05, 3.63) is 0 Å². The zero-order valence-electron chi connectivity index (χ0n) is 17.1. The SMILES string of the molecule is CCC[C@H]1CC[C@H](CCC)P1CCP1[C@@H](CCC)CC[C@@H]1CCC. The van der Waals surface area contributed by atoms with Gasteiger partial charge in [-0.1, -0.05) is 69.2 Å². The Balaban J connectivity index is 1.95. The van der Waals surface area contributed by atoms with Crippen molar-refractivity contribution in [3.63, 3.8) is 0 Å². The summed E-state index contributed by atoms with van der Waals surface area (Å²) in [7, 11) is 0.719. The summed E-state index contributed by atoms with van der Waals surface area (Å²) in [5.74, 6) is 0. The Bertz CT molecular complexity index is 270. The lowest BCUT2D eigenvalue weighted by Crippen LogP contribution is -2.13. The predicted octanol–water partition coefficient (Wildman–Crippen LogP) is 8.21. The Morgan fingerprint density at radius 3 is 0.958 bits per heavy atom. The van der Waals surface area contributed by atoms with Crippen molar-refractivity contribution in [2.24, 2.45) is 0 Å². The molecule has 0 aromatic rings. The van der Waals surface area contributed by atoms with Gasteiger partial charge in [-0.15, -0.1) is 0 Å². The molecule has 0 radical (unpaired) electrons. The number of hydrogen-bond donors (Lipinski definition) is 0. The highest BCUT2D eigenvalue weighted by molar-refractivity contribution is 7.63. The van der Waals surface area contributed by atoms with Crippen LogP contribution in [-0.4, -0.2) is 35.0 Å². The van der Waals surface area contributed by atoms with Gasteiger partial charge < -0.3 is 0 Å². The fourth-order valence-electron chi connectivity index (χ4n) is 5.56. The van der Waals surface area contributed by atoms with E-state index < -0.39 is 0 Å². The third-order valence-electron chi connectivity index (χ3n) is 6.65. The van der Waals surface area contributed by atoms with E-state index in [-0.39, 0.29) is 0 Å². The fraction of sp³-hybridized carbons (Fsp3) is 1.00. The quantitative estimate of drug-likeness (QED) is 0.321. The van der Waals surface area contributed by atoms with Crippen LogP contribution in [0.15, 0.2) is 0 Å². The molecule has 0 spiro atoms. The Morgan fingerprint density at radius 2 is 0.750 bits per heavy atom. The molecule has 0 saturated carbocycles. The summed E-state index contributed by atoms with van der Waals surface area (Å²) in [6.07, 6.45) is 21.5. The number of rotatable bonds is 11. The second kappa shape index (κ2) is 11.5. The summed E-state index contributed by atoms with van der Waals surface area (Å²) >= 11 is 0. The van der Waals surface area contributed by atoms with Crippen molar-refractivity contribution in [2.75, 3.05) is 12.3 Å². The van der Waals surface area contributed by atoms with Crippen molar-refractivity contribution < 1.29 is 0 Å². The highest BCUT2D eigenvalue weighted by Crippen LogP contribution is 2.63. The monoisotopic (exact) mass is 370 g/mol. The molecule has 0 aromatic carbocycles. The van der Waals surface area contributed by atoms with Crippen LogP contribution in [-0.2, 0) is 0 Å². The molecular weight excluding hydrogens is 326 g/mol. The van der Waals surface area contributed by atoms with Gasteiger partial charge in [0.15, 0.2) is 0 Å². The fourth-order valence-corrected chi connectivity index (χ4v) is 14.3. The molecule has 0 aromatic heterocycles. The normalized spacial score (nSPS) is 32.0. The third-order valence-corrected chi connectivity index (χ3v) is 14.3. The molecule has 2 saturated heterocycles. The van der Waals surface area contributed by atoms with Crippen molar-refractivity contribution >= 4 is 15.8 Å². The largest absolute Gasteiger partial charge is 0.1000 e. The van der Waals surface area contributed by atoms with Gasteiger partial charge in [0.05, 0.1) is 0 Å². The van der Waals surface area contributed by atoms with Gasteiger partial charge >= 0.3 is 0 Å². The Morgan fingerprint density at radius 1 is 0.500 bits per heavy atom. The van der Waals surface area contributed by atoms with Gasteiger partial charge in [0.2, 0.25) is 0 Å². The second-order valence-electron chi connectivity index (χ2n) is 8.40. The van der Waals surface area contributed by atoms with Gasteiger partial charge in [0, 0.05) is 0 Å².